The molecule has 0 bridgehead atoms. The van der Waals surface area contributed by atoms with E-state index in [1.54, 1.807) is 0 Å². The van der Waals surface area contributed by atoms with Crippen LogP contribution < -0.4 is 0 Å². The highest BCUT2D eigenvalue weighted by Gasteiger charge is 2.00. The summed E-state index contributed by atoms with van der Waals surface area (Å²) in [6, 6.07) is 14.6. The summed E-state index contributed by atoms with van der Waals surface area (Å²) in [6.07, 6.45) is 3.09. The molecule has 2 rings (SSSR count). The van der Waals surface area contributed by atoms with E-state index in [2.05, 4.69) is 43.1 Å². The van der Waals surface area contributed by atoms with Gasteiger partial charge in [0.2, 0.25) is 0 Å². The number of pyridine rings is 1. The van der Waals surface area contributed by atoms with Crippen molar-refractivity contribution in [2.24, 2.45) is 5.92 Å². The predicted octanol–water partition coefficient (Wildman–Crippen LogP) is 3.95. The van der Waals surface area contributed by atoms with E-state index in [0.29, 0.717) is 5.92 Å². The first-order valence-corrected chi connectivity index (χ1v) is 5.76. The van der Waals surface area contributed by atoms with Gasteiger partial charge in [-0.25, -0.2) is 0 Å². The Kier molecular flexibility index (Phi) is 3.35. The molecule has 1 aromatic heterocycles. The average molecular weight is 211 g/mol. The zero-order valence-corrected chi connectivity index (χ0v) is 9.85. The molecule has 2 aromatic rings. The van der Waals surface area contributed by atoms with Crippen molar-refractivity contribution in [3.8, 4) is 11.3 Å². The summed E-state index contributed by atoms with van der Waals surface area (Å²) in [6.45, 7) is 4.45. The maximum atomic E-state index is 4.50. The Morgan fingerprint density at radius 1 is 1.00 bits per heavy atom. The molecule has 0 amide bonds. The van der Waals surface area contributed by atoms with E-state index in [0.717, 1.165) is 12.1 Å². The van der Waals surface area contributed by atoms with E-state index in [9.17, 15) is 0 Å². The molecular formula is C15H17N. The van der Waals surface area contributed by atoms with E-state index in [1.165, 1.54) is 11.1 Å². The second-order valence-corrected chi connectivity index (χ2v) is 4.52. The zero-order valence-electron chi connectivity index (χ0n) is 9.85. The van der Waals surface area contributed by atoms with Crippen LogP contribution >= 0.6 is 0 Å². The fraction of sp³-hybridized carbons (Fsp3) is 0.267. The van der Waals surface area contributed by atoms with Crippen LogP contribution in [-0.4, -0.2) is 4.98 Å². The fourth-order valence-electron chi connectivity index (χ4n) is 1.80. The van der Waals surface area contributed by atoms with Crippen LogP contribution in [0.1, 0.15) is 19.4 Å². The van der Waals surface area contributed by atoms with Crippen molar-refractivity contribution < 1.29 is 0 Å². The Hall–Kier alpha value is -1.63. The molecule has 0 fully saturated rings. The lowest BCUT2D eigenvalue weighted by Crippen LogP contribution is -1.95. The predicted molar refractivity (Wildman–Crippen MR) is 68.2 cm³/mol. The first-order chi connectivity index (χ1) is 7.75. The molecule has 0 radical (unpaired) electrons. The van der Waals surface area contributed by atoms with Crippen LogP contribution in [0.2, 0.25) is 0 Å². The minimum absolute atomic E-state index is 0.685. The van der Waals surface area contributed by atoms with Gasteiger partial charge >= 0.3 is 0 Å². The largest absolute Gasteiger partial charge is 0.256 e. The second-order valence-electron chi connectivity index (χ2n) is 4.52. The van der Waals surface area contributed by atoms with Crippen LogP contribution in [0.4, 0.5) is 0 Å². The molecule has 1 heteroatoms. The monoisotopic (exact) mass is 211 g/mol. The average Bonchev–Trinajstić information content (AvgIpc) is 2.30. The van der Waals surface area contributed by atoms with Gasteiger partial charge in [-0.1, -0.05) is 50.2 Å². The molecule has 1 heterocycles. The molecule has 0 saturated heterocycles. The quantitative estimate of drug-likeness (QED) is 0.749. The number of rotatable bonds is 3. The fourth-order valence-corrected chi connectivity index (χ4v) is 1.80. The van der Waals surface area contributed by atoms with Crippen molar-refractivity contribution in [1.82, 2.24) is 4.98 Å². The lowest BCUT2D eigenvalue weighted by molar-refractivity contribution is 0.646. The van der Waals surface area contributed by atoms with Crippen LogP contribution in [0.15, 0.2) is 48.7 Å². The Labute approximate surface area is 97.2 Å². The molecule has 0 saturated carbocycles. The highest BCUT2D eigenvalue weighted by molar-refractivity contribution is 5.58. The van der Waals surface area contributed by atoms with Crippen molar-refractivity contribution in [3.63, 3.8) is 0 Å². The molecule has 0 aliphatic heterocycles. The number of benzene rings is 1. The Balaban J connectivity index is 2.20. The molecule has 82 valence electrons. The van der Waals surface area contributed by atoms with Crippen LogP contribution in [0.25, 0.3) is 11.3 Å². The normalized spacial score (nSPS) is 10.7. The molecule has 1 nitrogen and oxygen atoms in total. The minimum Gasteiger partial charge on any atom is -0.256 e. The van der Waals surface area contributed by atoms with Crippen molar-refractivity contribution in [1.29, 1.82) is 0 Å². The van der Waals surface area contributed by atoms with Gasteiger partial charge in [-0.05, 0) is 24.0 Å². The number of hydrogen-bond donors (Lipinski definition) is 0. The first-order valence-electron chi connectivity index (χ1n) is 5.76. The molecule has 0 spiro atoms. The van der Waals surface area contributed by atoms with Gasteiger partial charge in [0.15, 0.2) is 0 Å². The molecular weight excluding hydrogens is 194 g/mol. The lowest BCUT2D eigenvalue weighted by atomic mass is 10.0. The lowest BCUT2D eigenvalue weighted by Gasteiger charge is -2.05. The Bertz CT molecular complexity index is 429. The Morgan fingerprint density at radius 3 is 2.31 bits per heavy atom. The van der Waals surface area contributed by atoms with E-state index < -0.39 is 0 Å². The molecule has 0 atom stereocenters. The maximum Gasteiger partial charge on any atom is 0.0702 e. The van der Waals surface area contributed by atoms with E-state index in [4.69, 9.17) is 0 Å². The number of hydrogen-bond acceptors (Lipinski definition) is 1. The van der Waals surface area contributed by atoms with Crippen molar-refractivity contribution in [3.05, 3.63) is 54.2 Å². The van der Waals surface area contributed by atoms with Crippen LogP contribution in [0.3, 0.4) is 0 Å². The third-order valence-corrected chi connectivity index (χ3v) is 2.54. The summed E-state index contributed by atoms with van der Waals surface area (Å²) in [5.41, 5.74) is 3.54. The summed E-state index contributed by atoms with van der Waals surface area (Å²) in [4.78, 5) is 4.50. The molecule has 0 aliphatic rings. The van der Waals surface area contributed by atoms with Gasteiger partial charge in [0.1, 0.15) is 0 Å². The third-order valence-electron chi connectivity index (χ3n) is 2.54. The highest BCUT2D eigenvalue weighted by atomic mass is 14.7. The minimum atomic E-state index is 0.685. The second kappa shape index (κ2) is 4.93. The van der Waals surface area contributed by atoms with Crippen molar-refractivity contribution in [2.75, 3.05) is 0 Å². The van der Waals surface area contributed by atoms with Gasteiger partial charge in [-0.2, -0.15) is 0 Å². The summed E-state index contributed by atoms with van der Waals surface area (Å²) >= 11 is 0. The highest BCUT2D eigenvalue weighted by Crippen LogP contribution is 2.17. The van der Waals surface area contributed by atoms with Gasteiger partial charge in [-0.15, -0.1) is 0 Å². The van der Waals surface area contributed by atoms with Crippen molar-refractivity contribution in [2.45, 2.75) is 20.3 Å². The molecule has 0 N–H and O–H groups in total. The molecule has 0 aliphatic carbocycles. The standard InChI is InChI=1S/C15H17N/c1-12(2)10-13-8-9-15(16-11-13)14-6-4-3-5-7-14/h3-9,11-12H,10H2,1-2H3. The smallest absolute Gasteiger partial charge is 0.0702 e. The molecule has 0 unspecified atom stereocenters. The molecule has 1 aromatic carbocycles. The summed E-state index contributed by atoms with van der Waals surface area (Å²) in [5, 5.41) is 0. The van der Waals surface area contributed by atoms with Crippen LogP contribution in [-0.2, 0) is 6.42 Å². The SMILES string of the molecule is CC(C)Cc1ccc(-c2ccccc2)nc1. The van der Waals surface area contributed by atoms with E-state index in [-0.39, 0.29) is 0 Å². The van der Waals surface area contributed by atoms with Gasteiger partial charge in [0, 0.05) is 11.8 Å². The summed E-state index contributed by atoms with van der Waals surface area (Å²) < 4.78 is 0. The topological polar surface area (TPSA) is 12.9 Å². The summed E-state index contributed by atoms with van der Waals surface area (Å²) in [7, 11) is 0. The van der Waals surface area contributed by atoms with Crippen LogP contribution in [0, 0.1) is 5.92 Å². The molecule has 16 heavy (non-hydrogen) atoms. The van der Waals surface area contributed by atoms with Crippen molar-refractivity contribution >= 4 is 0 Å². The third kappa shape index (κ3) is 2.69. The number of aromatic nitrogens is 1. The van der Waals surface area contributed by atoms with Gasteiger partial charge in [0.05, 0.1) is 5.69 Å². The zero-order chi connectivity index (χ0) is 11.4. The first kappa shape index (κ1) is 10.9. The van der Waals surface area contributed by atoms with Gasteiger partial charge in [-0.3, -0.25) is 4.98 Å². The van der Waals surface area contributed by atoms with Crippen LogP contribution in [0.5, 0.6) is 0 Å². The van der Waals surface area contributed by atoms with E-state index >= 15 is 0 Å². The van der Waals surface area contributed by atoms with E-state index in [1.807, 2.05) is 24.4 Å². The van der Waals surface area contributed by atoms with Gasteiger partial charge < -0.3 is 0 Å². The summed E-state index contributed by atoms with van der Waals surface area (Å²) in [5.74, 6) is 0.685. The maximum absolute atomic E-state index is 4.50. The number of nitrogens with zero attached hydrogens (tertiary/aromatic N) is 1. The Morgan fingerprint density at radius 2 is 1.75 bits per heavy atom. The van der Waals surface area contributed by atoms with Gasteiger partial charge in [0.25, 0.3) is 0 Å².